The van der Waals surface area contributed by atoms with E-state index in [1.54, 1.807) is 0 Å². The monoisotopic (exact) mass is 648 g/mol. The molecule has 0 aliphatic carbocycles. The molecule has 0 aliphatic heterocycles. The molecule has 4 rings (SSSR count). The molecule has 0 fully saturated rings. The largest absolute Gasteiger partial charge is 0.494 e. The Morgan fingerprint density at radius 3 is 1.34 bits per heavy atom. The van der Waals surface area contributed by atoms with E-state index in [2.05, 4.69) is 144 Å². The Labute approximate surface area is 243 Å². The Balaban J connectivity index is 1.96. The van der Waals surface area contributed by atoms with Crippen LogP contribution in [0.1, 0.15) is 13.8 Å². The second-order valence-electron chi connectivity index (χ2n) is 9.61. The maximum Gasteiger partial charge on any atom is 0.125 e. The highest BCUT2D eigenvalue weighted by atomic mass is 127. The van der Waals surface area contributed by atoms with Gasteiger partial charge >= 0.3 is 0 Å². The van der Waals surface area contributed by atoms with E-state index in [0.717, 1.165) is 27.3 Å². The third-order valence-electron chi connectivity index (χ3n) is 7.41. The zero-order chi connectivity index (χ0) is 26.8. The molecule has 0 N–H and O–H groups in total. The first-order valence-electron chi connectivity index (χ1n) is 13.4. The molecular weight excluding hydrogens is 611 g/mol. The van der Waals surface area contributed by atoms with E-state index in [1.807, 2.05) is 13.8 Å². The summed E-state index contributed by atoms with van der Waals surface area (Å²) in [5.41, 5.74) is 1.16. The van der Waals surface area contributed by atoms with E-state index in [4.69, 9.17) is 9.47 Å². The second-order valence-corrected chi connectivity index (χ2v) is 20.6. The number of allylic oxidation sites excluding steroid dienone is 1. The van der Waals surface area contributed by atoms with Crippen LogP contribution in [0.2, 0.25) is 11.7 Å². The fourth-order valence-electron chi connectivity index (χ4n) is 5.60. The van der Waals surface area contributed by atoms with Gasteiger partial charge in [-0.1, -0.05) is 134 Å². The van der Waals surface area contributed by atoms with Gasteiger partial charge in [0.25, 0.3) is 0 Å². The molecule has 0 saturated carbocycles. The van der Waals surface area contributed by atoms with Crippen LogP contribution in [-0.4, -0.2) is 33.4 Å². The Bertz CT molecular complexity index is 1190. The highest BCUT2D eigenvalue weighted by Crippen LogP contribution is 2.28. The lowest BCUT2D eigenvalue weighted by molar-refractivity contribution is 0.340. The van der Waals surface area contributed by atoms with Gasteiger partial charge in [0, 0.05) is 4.05 Å². The lowest BCUT2D eigenvalue weighted by Crippen LogP contribution is -2.70. The summed E-state index contributed by atoms with van der Waals surface area (Å²) in [6.07, 6.45) is 2.16. The third kappa shape index (κ3) is 6.00. The van der Waals surface area contributed by atoms with Crippen molar-refractivity contribution in [2.45, 2.75) is 25.6 Å². The van der Waals surface area contributed by atoms with Crippen LogP contribution in [0, 0.1) is 0 Å². The van der Waals surface area contributed by atoms with Crippen LogP contribution in [0.25, 0.3) is 0 Å². The first kappa shape index (κ1) is 28.4. The van der Waals surface area contributed by atoms with Gasteiger partial charge in [0.15, 0.2) is 0 Å². The van der Waals surface area contributed by atoms with Crippen molar-refractivity contribution in [2.75, 3.05) is 17.3 Å². The summed E-state index contributed by atoms with van der Waals surface area (Å²) in [6, 6.07) is 41.4. The molecule has 0 bridgehead atoms. The SMILES string of the molecule is C=CC[Si](C[Si](CI)(c1ccc(OCC)cc1)c1ccc(OCC)cc1)(c1ccccc1)c1ccccc1. The average Bonchev–Trinajstić information content (AvgIpc) is 2.98. The molecule has 0 saturated heterocycles. The molecule has 4 aromatic carbocycles. The molecule has 0 radical (unpaired) electrons. The topological polar surface area (TPSA) is 18.5 Å². The predicted octanol–water partition coefficient (Wildman–Crippen LogP) is 6.01. The van der Waals surface area contributed by atoms with Crippen LogP contribution in [0.15, 0.2) is 122 Å². The predicted molar refractivity (Wildman–Crippen MR) is 177 cm³/mol. The smallest absolute Gasteiger partial charge is 0.125 e. The lowest BCUT2D eigenvalue weighted by Gasteiger charge is -2.42. The minimum atomic E-state index is -2.26. The molecule has 5 heteroatoms. The Hall–Kier alpha value is -2.62. The summed E-state index contributed by atoms with van der Waals surface area (Å²) in [7, 11) is -4.51. The lowest BCUT2D eigenvalue weighted by atomic mass is 10.3. The maximum atomic E-state index is 5.83. The molecule has 0 aliphatic rings. The number of ether oxygens (including phenoxy) is 2. The maximum absolute atomic E-state index is 5.83. The van der Waals surface area contributed by atoms with Crippen molar-refractivity contribution in [3.63, 3.8) is 0 Å². The molecule has 0 spiro atoms. The van der Waals surface area contributed by atoms with Gasteiger partial charge in [0.05, 0.1) is 13.2 Å². The van der Waals surface area contributed by atoms with Crippen LogP contribution >= 0.6 is 22.6 Å². The van der Waals surface area contributed by atoms with E-state index >= 15 is 0 Å². The van der Waals surface area contributed by atoms with E-state index in [0.29, 0.717) is 13.2 Å². The molecule has 2 nitrogen and oxygen atoms in total. The van der Waals surface area contributed by atoms with Crippen LogP contribution in [0.5, 0.6) is 11.5 Å². The minimum absolute atomic E-state index is 0.671. The number of hydrogen-bond donors (Lipinski definition) is 0. The molecular formula is C33H37IO2Si2. The molecule has 4 aromatic rings. The standard InChI is InChI=1S/C33H37IO2Si2/c1-4-25-37(30-13-9-7-10-14-30,31-15-11-8-12-16-31)27-38(26-34,32-21-17-28(18-22-32)35-5-2)33-23-19-29(20-24-33)36-6-3/h4,7-24H,1,5-6,25-27H2,2-3H3. The molecule has 0 heterocycles. The molecule has 38 heavy (non-hydrogen) atoms. The molecule has 0 atom stereocenters. The summed E-state index contributed by atoms with van der Waals surface area (Å²) < 4.78 is 12.7. The number of rotatable bonds is 13. The van der Waals surface area contributed by atoms with Crippen LogP contribution < -0.4 is 30.2 Å². The van der Waals surface area contributed by atoms with Crippen LogP contribution in [0.4, 0.5) is 0 Å². The third-order valence-corrected chi connectivity index (χ3v) is 23.3. The highest BCUT2D eigenvalue weighted by molar-refractivity contribution is 14.1. The number of alkyl halides is 1. The second kappa shape index (κ2) is 13.4. The Morgan fingerprint density at radius 2 is 1.00 bits per heavy atom. The van der Waals surface area contributed by atoms with E-state index in [9.17, 15) is 0 Å². The van der Waals surface area contributed by atoms with Crippen molar-refractivity contribution in [1.82, 2.24) is 0 Å². The van der Waals surface area contributed by atoms with Gasteiger partial charge in [-0.05, 0) is 49.8 Å². The van der Waals surface area contributed by atoms with Crippen molar-refractivity contribution in [2.24, 2.45) is 0 Å². The summed E-state index contributed by atoms with van der Waals surface area (Å²) >= 11 is 2.66. The number of benzene rings is 4. The van der Waals surface area contributed by atoms with Gasteiger partial charge in [0.1, 0.15) is 27.6 Å². The number of halogens is 1. The number of hydrogen-bond acceptors (Lipinski definition) is 2. The van der Waals surface area contributed by atoms with Crippen molar-refractivity contribution in [3.05, 3.63) is 122 Å². The zero-order valence-corrected chi connectivity index (χ0v) is 26.6. The zero-order valence-electron chi connectivity index (χ0n) is 22.4. The normalized spacial score (nSPS) is 11.7. The molecule has 196 valence electrons. The molecule has 0 amide bonds. The fraction of sp³-hybridized carbons (Fsp3) is 0.212. The van der Waals surface area contributed by atoms with Crippen LogP contribution in [0.3, 0.4) is 0 Å². The van der Waals surface area contributed by atoms with Crippen molar-refractivity contribution in [3.8, 4) is 11.5 Å². The van der Waals surface area contributed by atoms with Gasteiger partial charge in [-0.15, -0.1) is 6.58 Å². The minimum Gasteiger partial charge on any atom is -0.494 e. The van der Waals surface area contributed by atoms with Crippen LogP contribution in [-0.2, 0) is 0 Å². The summed E-state index contributed by atoms with van der Waals surface area (Å²) in [5, 5.41) is 5.86. The molecule has 0 unspecified atom stereocenters. The van der Waals surface area contributed by atoms with E-state index < -0.39 is 16.1 Å². The quantitative estimate of drug-likeness (QED) is 0.0766. The van der Waals surface area contributed by atoms with Crippen molar-refractivity contribution in [1.29, 1.82) is 0 Å². The fourth-order valence-corrected chi connectivity index (χ4v) is 24.2. The Kier molecular flexibility index (Phi) is 10.0. The summed E-state index contributed by atoms with van der Waals surface area (Å²) in [4.78, 5) is 0. The van der Waals surface area contributed by atoms with Gasteiger partial charge in [-0.2, -0.15) is 0 Å². The van der Waals surface area contributed by atoms with Crippen molar-refractivity contribution >= 4 is 59.5 Å². The molecule has 0 aromatic heterocycles. The summed E-state index contributed by atoms with van der Waals surface area (Å²) in [5.74, 6) is 1.86. The first-order chi connectivity index (χ1) is 18.6. The first-order valence-corrected chi connectivity index (χ1v) is 19.7. The van der Waals surface area contributed by atoms with Gasteiger partial charge < -0.3 is 9.47 Å². The van der Waals surface area contributed by atoms with E-state index in [-0.39, 0.29) is 0 Å². The van der Waals surface area contributed by atoms with Gasteiger partial charge in [0.2, 0.25) is 0 Å². The highest BCUT2D eigenvalue weighted by Gasteiger charge is 2.47. The average molecular weight is 649 g/mol. The van der Waals surface area contributed by atoms with Crippen molar-refractivity contribution < 1.29 is 9.47 Å². The van der Waals surface area contributed by atoms with Gasteiger partial charge in [-0.25, -0.2) is 0 Å². The Morgan fingerprint density at radius 1 is 0.605 bits per heavy atom. The van der Waals surface area contributed by atoms with Gasteiger partial charge in [-0.3, -0.25) is 0 Å². The van der Waals surface area contributed by atoms with E-state index in [1.165, 1.54) is 20.7 Å². The summed E-state index contributed by atoms with van der Waals surface area (Å²) in [6.45, 7) is 9.69.